The summed E-state index contributed by atoms with van der Waals surface area (Å²) in [5, 5.41) is 16.4. The van der Waals surface area contributed by atoms with Crippen molar-refractivity contribution in [1.29, 1.82) is 5.26 Å². The van der Waals surface area contributed by atoms with E-state index in [1.165, 1.54) is 0 Å². The quantitative estimate of drug-likeness (QED) is 0.590. The van der Waals surface area contributed by atoms with E-state index in [0.29, 0.717) is 17.1 Å². The van der Waals surface area contributed by atoms with E-state index >= 15 is 0 Å². The van der Waals surface area contributed by atoms with Crippen LogP contribution in [0.15, 0.2) is 18.3 Å². The van der Waals surface area contributed by atoms with Gasteiger partial charge in [0.15, 0.2) is 0 Å². The Balaban J connectivity index is 1.81. The third kappa shape index (κ3) is 3.62. The van der Waals surface area contributed by atoms with Crippen molar-refractivity contribution in [3.63, 3.8) is 0 Å². The number of piperazine rings is 1. The fourth-order valence-corrected chi connectivity index (χ4v) is 3.97. The van der Waals surface area contributed by atoms with Crippen molar-refractivity contribution in [3.8, 4) is 6.07 Å². The third-order valence-corrected chi connectivity index (χ3v) is 5.60. The number of nitrogens with two attached hydrogens (primary N) is 1. The molecule has 0 amide bonds. The van der Waals surface area contributed by atoms with E-state index in [4.69, 9.17) is 10.7 Å². The number of aryl methyl sites for hydroxylation is 2. The van der Waals surface area contributed by atoms with E-state index < -0.39 is 0 Å². The van der Waals surface area contributed by atoms with Gasteiger partial charge in [-0.15, -0.1) is 0 Å². The SMILES string of the molecule is CC[C@H](Nc1nc(N)nc(C)c1C#N)c1nc2ccn(C)c2cc1N1CCNCC1. The van der Waals surface area contributed by atoms with E-state index in [0.717, 1.165) is 55.0 Å². The molecule has 0 spiro atoms. The molecular formula is C21H27N9. The second kappa shape index (κ2) is 8.16. The van der Waals surface area contributed by atoms with Gasteiger partial charge in [0.25, 0.3) is 0 Å². The van der Waals surface area contributed by atoms with Gasteiger partial charge in [-0.05, 0) is 25.5 Å². The van der Waals surface area contributed by atoms with Gasteiger partial charge >= 0.3 is 0 Å². The predicted octanol–water partition coefficient (Wildman–Crippen LogP) is 2.10. The number of fused-ring (bicyclic) bond motifs is 1. The molecule has 1 fully saturated rings. The van der Waals surface area contributed by atoms with Gasteiger partial charge in [-0.3, -0.25) is 0 Å². The lowest BCUT2D eigenvalue weighted by Gasteiger charge is -2.32. The van der Waals surface area contributed by atoms with Crippen molar-refractivity contribution in [2.75, 3.05) is 42.1 Å². The van der Waals surface area contributed by atoms with Gasteiger partial charge in [-0.1, -0.05) is 6.92 Å². The summed E-state index contributed by atoms with van der Waals surface area (Å²) >= 11 is 0. The summed E-state index contributed by atoms with van der Waals surface area (Å²) < 4.78 is 2.09. The number of anilines is 3. The molecule has 156 valence electrons. The molecule has 0 saturated carbocycles. The molecule has 0 aromatic carbocycles. The number of nitrogens with one attached hydrogen (secondary N) is 2. The van der Waals surface area contributed by atoms with Crippen LogP contribution in [0.2, 0.25) is 0 Å². The van der Waals surface area contributed by atoms with E-state index in [2.05, 4.69) is 49.1 Å². The van der Waals surface area contributed by atoms with Crippen LogP contribution >= 0.6 is 0 Å². The summed E-state index contributed by atoms with van der Waals surface area (Å²) in [6.45, 7) is 7.58. The first kappa shape index (κ1) is 19.9. The number of rotatable bonds is 5. The van der Waals surface area contributed by atoms with Gasteiger partial charge in [0.2, 0.25) is 5.95 Å². The Kier molecular flexibility index (Phi) is 5.42. The third-order valence-electron chi connectivity index (χ3n) is 5.60. The van der Waals surface area contributed by atoms with E-state index in [1.807, 2.05) is 19.3 Å². The number of nitriles is 1. The van der Waals surface area contributed by atoms with Crippen molar-refractivity contribution in [2.45, 2.75) is 26.3 Å². The second-order valence-corrected chi connectivity index (χ2v) is 7.57. The second-order valence-electron chi connectivity index (χ2n) is 7.57. The van der Waals surface area contributed by atoms with Crippen molar-refractivity contribution < 1.29 is 0 Å². The molecule has 1 saturated heterocycles. The highest BCUT2D eigenvalue weighted by molar-refractivity contribution is 5.81. The number of nitrogen functional groups attached to an aromatic ring is 1. The van der Waals surface area contributed by atoms with Gasteiger partial charge in [0.05, 0.1) is 34.2 Å². The van der Waals surface area contributed by atoms with E-state index in [1.54, 1.807) is 6.92 Å². The van der Waals surface area contributed by atoms with Crippen LogP contribution in [0.3, 0.4) is 0 Å². The first-order valence-corrected chi connectivity index (χ1v) is 10.2. The van der Waals surface area contributed by atoms with Crippen molar-refractivity contribution >= 4 is 28.5 Å². The summed E-state index contributed by atoms with van der Waals surface area (Å²) in [5.74, 6) is 0.605. The molecule has 30 heavy (non-hydrogen) atoms. The summed E-state index contributed by atoms with van der Waals surface area (Å²) in [7, 11) is 2.03. The Morgan fingerprint density at radius 2 is 2.07 bits per heavy atom. The van der Waals surface area contributed by atoms with E-state index in [9.17, 15) is 5.26 Å². The van der Waals surface area contributed by atoms with Gasteiger partial charge < -0.3 is 25.8 Å². The number of nitrogens with zero attached hydrogens (tertiary/aromatic N) is 6. The maximum absolute atomic E-state index is 9.60. The van der Waals surface area contributed by atoms with Crippen molar-refractivity contribution in [2.24, 2.45) is 7.05 Å². The summed E-state index contributed by atoms with van der Waals surface area (Å²) in [5.41, 5.74) is 11.0. The molecule has 0 aliphatic carbocycles. The van der Waals surface area contributed by atoms with Crippen LogP contribution in [0.25, 0.3) is 11.0 Å². The van der Waals surface area contributed by atoms with Crippen LogP contribution in [0.4, 0.5) is 17.5 Å². The fourth-order valence-electron chi connectivity index (χ4n) is 3.97. The summed E-state index contributed by atoms with van der Waals surface area (Å²) in [6, 6.07) is 6.32. The van der Waals surface area contributed by atoms with Crippen LogP contribution in [0, 0.1) is 18.3 Å². The molecule has 3 aromatic heterocycles. The summed E-state index contributed by atoms with van der Waals surface area (Å²) in [4.78, 5) is 15.8. The molecular weight excluding hydrogens is 378 g/mol. The fraction of sp³-hybridized carbons (Fsp3) is 0.429. The molecule has 4 heterocycles. The first-order valence-electron chi connectivity index (χ1n) is 10.2. The zero-order valence-electron chi connectivity index (χ0n) is 17.6. The van der Waals surface area contributed by atoms with Crippen LogP contribution in [0.5, 0.6) is 0 Å². The van der Waals surface area contributed by atoms with Crippen molar-refractivity contribution in [1.82, 2.24) is 24.8 Å². The highest BCUT2D eigenvalue weighted by atomic mass is 15.2. The van der Waals surface area contributed by atoms with Gasteiger partial charge in [0, 0.05) is 39.4 Å². The minimum Gasteiger partial charge on any atom is -0.368 e. The largest absolute Gasteiger partial charge is 0.368 e. The molecule has 1 atom stereocenters. The number of pyridine rings is 1. The maximum Gasteiger partial charge on any atom is 0.222 e. The average molecular weight is 406 g/mol. The Bertz CT molecular complexity index is 1110. The minimum atomic E-state index is -0.125. The molecule has 9 nitrogen and oxygen atoms in total. The highest BCUT2D eigenvalue weighted by Gasteiger charge is 2.24. The van der Waals surface area contributed by atoms with E-state index in [-0.39, 0.29) is 12.0 Å². The van der Waals surface area contributed by atoms with Crippen LogP contribution in [-0.2, 0) is 7.05 Å². The molecule has 4 rings (SSSR count). The lowest BCUT2D eigenvalue weighted by molar-refractivity contribution is 0.584. The Morgan fingerprint density at radius 1 is 1.30 bits per heavy atom. The molecule has 1 aliphatic heterocycles. The molecule has 0 radical (unpaired) electrons. The Labute approximate surface area is 175 Å². The lowest BCUT2D eigenvalue weighted by Crippen LogP contribution is -2.44. The van der Waals surface area contributed by atoms with Crippen LogP contribution < -0.4 is 21.3 Å². The lowest BCUT2D eigenvalue weighted by atomic mass is 10.1. The van der Waals surface area contributed by atoms with Crippen LogP contribution in [0.1, 0.15) is 36.3 Å². The maximum atomic E-state index is 9.60. The first-order chi connectivity index (χ1) is 14.5. The number of aromatic nitrogens is 4. The highest BCUT2D eigenvalue weighted by Crippen LogP contribution is 2.33. The smallest absolute Gasteiger partial charge is 0.222 e. The molecule has 0 bridgehead atoms. The van der Waals surface area contributed by atoms with Gasteiger partial charge in [-0.2, -0.15) is 10.2 Å². The topological polar surface area (TPSA) is 121 Å². The van der Waals surface area contributed by atoms with Gasteiger partial charge in [-0.25, -0.2) is 9.97 Å². The molecule has 0 unspecified atom stereocenters. The zero-order chi connectivity index (χ0) is 21.3. The van der Waals surface area contributed by atoms with Gasteiger partial charge in [0.1, 0.15) is 17.5 Å². The predicted molar refractivity (Wildman–Crippen MR) is 118 cm³/mol. The Hall–Kier alpha value is -3.38. The molecule has 3 aromatic rings. The standard InChI is InChI=1S/C21H27N9/c1-4-15(27-20-14(12-22)13(2)25-21(23)28-20)19-18(30-9-6-24-7-10-30)11-17-16(26-19)5-8-29(17)3/h5,8,11,15,24H,4,6-7,9-10H2,1-3H3,(H3,23,25,27,28)/t15-/m0/s1. The molecule has 9 heteroatoms. The monoisotopic (exact) mass is 405 g/mol. The van der Waals surface area contributed by atoms with Crippen LogP contribution in [-0.4, -0.2) is 45.7 Å². The van der Waals surface area contributed by atoms with Crippen molar-refractivity contribution in [3.05, 3.63) is 35.3 Å². The zero-order valence-corrected chi connectivity index (χ0v) is 17.6. The number of hydrogen-bond donors (Lipinski definition) is 3. The minimum absolute atomic E-state index is 0.125. The normalized spacial score (nSPS) is 15.2. The molecule has 1 aliphatic rings. The molecule has 4 N–H and O–H groups in total. The Morgan fingerprint density at radius 3 is 2.77 bits per heavy atom. The average Bonchev–Trinajstić information content (AvgIpc) is 3.11. The number of hydrogen-bond acceptors (Lipinski definition) is 8. The summed E-state index contributed by atoms with van der Waals surface area (Å²) in [6.07, 6.45) is 2.80.